The number of rotatable bonds is 6. The Labute approximate surface area is 132 Å². The summed E-state index contributed by atoms with van der Waals surface area (Å²) >= 11 is 6.77. The van der Waals surface area contributed by atoms with Gasteiger partial charge in [0.05, 0.1) is 11.0 Å². The number of hydrogen-bond donors (Lipinski definition) is 1. The van der Waals surface area contributed by atoms with Crippen LogP contribution >= 0.6 is 31.9 Å². The highest BCUT2D eigenvalue weighted by Crippen LogP contribution is 2.26. The van der Waals surface area contributed by atoms with Crippen LogP contribution in [0.3, 0.4) is 0 Å². The van der Waals surface area contributed by atoms with Crippen LogP contribution in [0.1, 0.15) is 31.9 Å². The summed E-state index contributed by atoms with van der Waals surface area (Å²) in [6, 6.07) is 2.00. The van der Waals surface area contributed by atoms with E-state index in [1.807, 2.05) is 6.07 Å². The molecule has 1 aromatic heterocycles. The molecule has 0 saturated carbocycles. The molecule has 1 aromatic rings. The van der Waals surface area contributed by atoms with Gasteiger partial charge in [0.2, 0.25) is 0 Å². The number of hydrogen-bond acceptors (Lipinski definition) is 3. The Balaban J connectivity index is 1.55. The van der Waals surface area contributed by atoms with Gasteiger partial charge in [-0.15, -0.1) is 0 Å². The molecule has 1 fully saturated rings. The van der Waals surface area contributed by atoms with Gasteiger partial charge in [0.25, 0.3) is 0 Å². The molecule has 3 nitrogen and oxygen atoms in total. The molecular formula is C14H22Br2N2O. The maximum absolute atomic E-state index is 5.52. The fraction of sp³-hybridized carbons (Fsp3) is 0.714. The Morgan fingerprint density at radius 1 is 1.37 bits per heavy atom. The third-order valence-corrected chi connectivity index (χ3v) is 5.41. The molecule has 1 aliphatic heterocycles. The molecule has 0 aromatic carbocycles. The highest BCUT2D eigenvalue weighted by molar-refractivity contribution is 9.13. The number of nitrogens with one attached hydrogen (secondary N) is 1. The SMILES string of the molecule is CC1CCN(CCCNCc2cc(Br)c(Br)o2)CC1. The van der Waals surface area contributed by atoms with E-state index >= 15 is 0 Å². The van der Waals surface area contributed by atoms with E-state index in [0.29, 0.717) is 0 Å². The van der Waals surface area contributed by atoms with Crippen LogP contribution in [-0.4, -0.2) is 31.1 Å². The molecule has 0 atom stereocenters. The summed E-state index contributed by atoms with van der Waals surface area (Å²) in [6.45, 7) is 7.96. The lowest BCUT2D eigenvalue weighted by atomic mass is 9.99. The first-order valence-corrected chi connectivity index (χ1v) is 8.60. The monoisotopic (exact) mass is 392 g/mol. The fourth-order valence-electron chi connectivity index (χ4n) is 2.40. The van der Waals surface area contributed by atoms with Crippen molar-refractivity contribution in [2.45, 2.75) is 32.7 Å². The summed E-state index contributed by atoms with van der Waals surface area (Å²) in [6.07, 6.45) is 3.93. The van der Waals surface area contributed by atoms with E-state index in [1.54, 1.807) is 0 Å². The van der Waals surface area contributed by atoms with Gasteiger partial charge in [0.15, 0.2) is 4.67 Å². The van der Waals surface area contributed by atoms with Crippen molar-refractivity contribution >= 4 is 31.9 Å². The van der Waals surface area contributed by atoms with Crippen molar-refractivity contribution in [1.29, 1.82) is 0 Å². The van der Waals surface area contributed by atoms with Crippen molar-refractivity contribution < 1.29 is 4.42 Å². The molecule has 1 saturated heterocycles. The second-order valence-electron chi connectivity index (χ2n) is 5.39. The second kappa shape index (κ2) is 7.81. The van der Waals surface area contributed by atoms with E-state index in [0.717, 1.165) is 33.9 Å². The van der Waals surface area contributed by atoms with Crippen molar-refractivity contribution in [2.75, 3.05) is 26.2 Å². The summed E-state index contributed by atoms with van der Waals surface area (Å²) < 4.78 is 7.27. The number of furan rings is 1. The minimum absolute atomic E-state index is 0.770. The summed E-state index contributed by atoms with van der Waals surface area (Å²) in [4.78, 5) is 2.59. The maximum Gasteiger partial charge on any atom is 0.183 e. The highest BCUT2D eigenvalue weighted by atomic mass is 79.9. The van der Waals surface area contributed by atoms with Crippen LogP contribution in [0.2, 0.25) is 0 Å². The number of halogens is 2. The van der Waals surface area contributed by atoms with Crippen molar-refractivity contribution in [3.8, 4) is 0 Å². The molecule has 0 amide bonds. The van der Waals surface area contributed by atoms with Crippen LogP contribution in [0, 0.1) is 5.92 Å². The molecule has 0 aliphatic carbocycles. The molecule has 0 bridgehead atoms. The third-order valence-electron chi connectivity index (χ3n) is 3.70. The molecule has 2 rings (SSSR count). The van der Waals surface area contributed by atoms with E-state index in [2.05, 4.69) is 49.0 Å². The Kier molecular flexibility index (Phi) is 6.39. The topological polar surface area (TPSA) is 28.4 Å². The van der Waals surface area contributed by atoms with Gasteiger partial charge in [-0.3, -0.25) is 0 Å². The first-order valence-electron chi connectivity index (χ1n) is 7.02. The minimum Gasteiger partial charge on any atom is -0.452 e. The summed E-state index contributed by atoms with van der Waals surface area (Å²) in [5.41, 5.74) is 0. The van der Waals surface area contributed by atoms with Crippen molar-refractivity contribution in [3.05, 3.63) is 21.0 Å². The number of piperidine rings is 1. The molecule has 108 valence electrons. The Morgan fingerprint density at radius 2 is 2.11 bits per heavy atom. The van der Waals surface area contributed by atoms with Crippen LogP contribution in [0.5, 0.6) is 0 Å². The molecule has 5 heteroatoms. The van der Waals surface area contributed by atoms with Crippen molar-refractivity contribution in [1.82, 2.24) is 10.2 Å². The summed E-state index contributed by atoms with van der Waals surface area (Å²) in [5.74, 6) is 1.88. The largest absolute Gasteiger partial charge is 0.452 e. The van der Waals surface area contributed by atoms with Gasteiger partial charge in [-0.05, 0) is 89.3 Å². The smallest absolute Gasteiger partial charge is 0.183 e. The van der Waals surface area contributed by atoms with E-state index in [9.17, 15) is 0 Å². The van der Waals surface area contributed by atoms with Crippen molar-refractivity contribution in [2.24, 2.45) is 5.92 Å². The Bertz CT molecular complexity index is 367. The summed E-state index contributed by atoms with van der Waals surface area (Å²) in [7, 11) is 0. The third kappa shape index (κ3) is 5.21. The minimum atomic E-state index is 0.770. The van der Waals surface area contributed by atoms with Gasteiger partial charge in [-0.1, -0.05) is 6.92 Å². The molecule has 0 spiro atoms. The number of likely N-dealkylation sites (tertiary alicyclic amines) is 1. The zero-order valence-electron chi connectivity index (χ0n) is 11.4. The highest BCUT2D eigenvalue weighted by Gasteiger charge is 2.14. The molecule has 1 aliphatic rings. The molecule has 0 radical (unpaired) electrons. The van der Waals surface area contributed by atoms with E-state index < -0.39 is 0 Å². The predicted molar refractivity (Wildman–Crippen MR) is 85.3 cm³/mol. The van der Waals surface area contributed by atoms with Gasteiger partial charge in [0.1, 0.15) is 5.76 Å². The Morgan fingerprint density at radius 3 is 2.74 bits per heavy atom. The number of nitrogens with zero attached hydrogens (tertiary/aromatic N) is 1. The van der Waals surface area contributed by atoms with Crippen LogP contribution in [0.4, 0.5) is 0 Å². The lowest BCUT2D eigenvalue weighted by molar-refractivity contribution is 0.190. The first-order chi connectivity index (χ1) is 9.15. The summed E-state index contributed by atoms with van der Waals surface area (Å²) in [5, 5.41) is 3.43. The van der Waals surface area contributed by atoms with Gasteiger partial charge < -0.3 is 14.6 Å². The van der Waals surface area contributed by atoms with Gasteiger partial charge in [0, 0.05) is 0 Å². The molecule has 19 heavy (non-hydrogen) atoms. The van der Waals surface area contributed by atoms with E-state index in [-0.39, 0.29) is 0 Å². The first kappa shape index (κ1) is 15.5. The van der Waals surface area contributed by atoms with E-state index in [4.69, 9.17) is 4.42 Å². The van der Waals surface area contributed by atoms with Crippen LogP contribution in [0.15, 0.2) is 19.6 Å². The molecule has 1 N–H and O–H groups in total. The Hall–Kier alpha value is 0.160. The normalized spacial score (nSPS) is 18.1. The predicted octanol–water partition coefficient (Wildman–Crippen LogP) is 4.02. The van der Waals surface area contributed by atoms with Crippen LogP contribution in [0.25, 0.3) is 0 Å². The van der Waals surface area contributed by atoms with Crippen LogP contribution in [-0.2, 0) is 6.54 Å². The molecular weight excluding hydrogens is 372 g/mol. The second-order valence-corrected chi connectivity index (χ2v) is 6.96. The average molecular weight is 394 g/mol. The van der Waals surface area contributed by atoms with E-state index in [1.165, 1.54) is 38.9 Å². The van der Waals surface area contributed by atoms with Crippen molar-refractivity contribution in [3.63, 3.8) is 0 Å². The molecule has 2 heterocycles. The lowest BCUT2D eigenvalue weighted by Gasteiger charge is -2.30. The fourth-order valence-corrected chi connectivity index (χ4v) is 3.06. The molecule has 0 unspecified atom stereocenters. The standard InChI is InChI=1S/C14H22Br2N2O/c1-11-3-7-18(8-4-11)6-2-5-17-10-12-9-13(15)14(16)19-12/h9,11,17H,2-8,10H2,1H3. The quantitative estimate of drug-likeness (QED) is 0.740. The maximum atomic E-state index is 5.52. The lowest BCUT2D eigenvalue weighted by Crippen LogP contribution is -2.34. The van der Waals surface area contributed by atoms with Gasteiger partial charge in [-0.25, -0.2) is 0 Å². The van der Waals surface area contributed by atoms with Gasteiger partial charge >= 0.3 is 0 Å². The average Bonchev–Trinajstić information content (AvgIpc) is 2.71. The zero-order valence-corrected chi connectivity index (χ0v) is 14.6. The van der Waals surface area contributed by atoms with Crippen LogP contribution < -0.4 is 5.32 Å². The zero-order chi connectivity index (χ0) is 13.7. The van der Waals surface area contributed by atoms with Gasteiger partial charge in [-0.2, -0.15) is 0 Å².